The first-order valence-corrected chi connectivity index (χ1v) is 4.86. The fraction of sp³-hybridized carbons (Fsp3) is 0.500. The minimum atomic E-state index is 0.887. The van der Waals surface area contributed by atoms with Crippen molar-refractivity contribution in [3.63, 3.8) is 0 Å². The van der Waals surface area contributed by atoms with Crippen LogP contribution < -0.4 is 0 Å². The Morgan fingerprint density at radius 3 is 3.22 bits per heavy atom. The summed E-state index contributed by atoms with van der Waals surface area (Å²) in [6.07, 6.45) is 2.14. The standard InChI is InChI=1S/C6H8OS2/c7-4-6-5-8-2-1-3-9-6/h4-5H,1-3H2. The summed E-state index contributed by atoms with van der Waals surface area (Å²) in [5.41, 5.74) is 0. The molecular weight excluding hydrogens is 152 g/mol. The van der Waals surface area contributed by atoms with Gasteiger partial charge >= 0.3 is 0 Å². The van der Waals surface area contributed by atoms with Gasteiger partial charge in [-0.25, -0.2) is 0 Å². The molecule has 0 aromatic rings. The van der Waals surface area contributed by atoms with Crippen LogP contribution in [0.4, 0.5) is 0 Å². The van der Waals surface area contributed by atoms with Gasteiger partial charge in [0.1, 0.15) is 0 Å². The number of hydrogen-bond donors (Lipinski definition) is 0. The van der Waals surface area contributed by atoms with E-state index in [2.05, 4.69) is 0 Å². The molecule has 3 heteroatoms. The minimum Gasteiger partial charge on any atom is -0.297 e. The van der Waals surface area contributed by atoms with Crippen molar-refractivity contribution in [3.05, 3.63) is 10.3 Å². The van der Waals surface area contributed by atoms with E-state index in [9.17, 15) is 4.79 Å². The third-order valence-corrected chi connectivity index (χ3v) is 3.13. The molecule has 1 aliphatic heterocycles. The van der Waals surface area contributed by atoms with Crippen LogP contribution in [-0.4, -0.2) is 17.8 Å². The number of aldehydes is 1. The molecule has 0 aromatic heterocycles. The van der Waals surface area contributed by atoms with Crippen molar-refractivity contribution in [1.29, 1.82) is 0 Å². The van der Waals surface area contributed by atoms with Gasteiger partial charge in [0, 0.05) is 0 Å². The van der Waals surface area contributed by atoms with Crippen LogP contribution in [0.5, 0.6) is 0 Å². The summed E-state index contributed by atoms with van der Waals surface area (Å²) in [4.78, 5) is 11.1. The first-order valence-electron chi connectivity index (χ1n) is 2.83. The summed E-state index contributed by atoms with van der Waals surface area (Å²) < 4.78 is 0. The maximum atomic E-state index is 10.2. The molecule has 0 saturated carbocycles. The third kappa shape index (κ3) is 2.45. The summed E-state index contributed by atoms with van der Waals surface area (Å²) >= 11 is 3.39. The fourth-order valence-corrected chi connectivity index (χ4v) is 2.47. The van der Waals surface area contributed by atoms with Gasteiger partial charge in [-0.3, -0.25) is 4.79 Å². The number of carbonyl (C=O) groups is 1. The minimum absolute atomic E-state index is 0.887. The number of thioether (sulfide) groups is 2. The molecule has 1 heterocycles. The topological polar surface area (TPSA) is 17.1 Å². The molecule has 1 rings (SSSR count). The van der Waals surface area contributed by atoms with Gasteiger partial charge < -0.3 is 0 Å². The molecule has 0 unspecified atom stereocenters. The van der Waals surface area contributed by atoms with Crippen molar-refractivity contribution in [2.45, 2.75) is 6.42 Å². The lowest BCUT2D eigenvalue weighted by molar-refractivity contribution is -0.104. The van der Waals surface area contributed by atoms with E-state index in [4.69, 9.17) is 0 Å². The van der Waals surface area contributed by atoms with E-state index < -0.39 is 0 Å². The summed E-state index contributed by atoms with van der Waals surface area (Å²) in [7, 11) is 0. The summed E-state index contributed by atoms with van der Waals surface area (Å²) in [5, 5.41) is 1.95. The highest BCUT2D eigenvalue weighted by atomic mass is 32.2. The highest BCUT2D eigenvalue weighted by molar-refractivity contribution is 8.07. The van der Waals surface area contributed by atoms with Gasteiger partial charge in [-0.2, -0.15) is 0 Å². The smallest absolute Gasteiger partial charge is 0.156 e. The molecule has 0 fully saturated rings. The third-order valence-electron chi connectivity index (χ3n) is 0.991. The molecule has 1 aliphatic rings. The SMILES string of the molecule is O=CC1=CSCCCS1. The van der Waals surface area contributed by atoms with E-state index in [1.807, 2.05) is 5.41 Å². The van der Waals surface area contributed by atoms with E-state index >= 15 is 0 Å². The van der Waals surface area contributed by atoms with Crippen LogP contribution in [0, 0.1) is 0 Å². The van der Waals surface area contributed by atoms with Gasteiger partial charge in [-0.05, 0) is 23.3 Å². The highest BCUT2D eigenvalue weighted by Crippen LogP contribution is 2.23. The van der Waals surface area contributed by atoms with Gasteiger partial charge in [-0.1, -0.05) is 0 Å². The van der Waals surface area contributed by atoms with Gasteiger partial charge in [-0.15, -0.1) is 23.5 Å². The predicted molar refractivity (Wildman–Crippen MR) is 43.7 cm³/mol. The lowest BCUT2D eigenvalue weighted by Gasteiger charge is -1.90. The number of carbonyl (C=O) groups excluding carboxylic acids is 1. The molecule has 0 aromatic carbocycles. The Hall–Kier alpha value is 0.110. The largest absolute Gasteiger partial charge is 0.297 e. The fourth-order valence-electron chi connectivity index (χ4n) is 0.569. The quantitative estimate of drug-likeness (QED) is 0.545. The Morgan fingerprint density at radius 1 is 1.56 bits per heavy atom. The van der Waals surface area contributed by atoms with Crippen molar-refractivity contribution in [1.82, 2.24) is 0 Å². The molecule has 1 nitrogen and oxygen atoms in total. The zero-order valence-corrected chi connectivity index (χ0v) is 6.63. The van der Waals surface area contributed by atoms with Crippen LogP contribution in [0.1, 0.15) is 6.42 Å². The highest BCUT2D eigenvalue weighted by Gasteiger charge is 2.00. The van der Waals surface area contributed by atoms with Crippen LogP contribution in [0.25, 0.3) is 0 Å². The summed E-state index contributed by atoms with van der Waals surface area (Å²) in [5.74, 6) is 2.25. The molecule has 0 aliphatic carbocycles. The second kappa shape index (κ2) is 4.01. The van der Waals surface area contributed by atoms with Gasteiger partial charge in [0.15, 0.2) is 6.29 Å². The number of rotatable bonds is 1. The van der Waals surface area contributed by atoms with Crippen LogP contribution in [-0.2, 0) is 4.79 Å². The van der Waals surface area contributed by atoms with Crippen molar-refractivity contribution in [2.75, 3.05) is 11.5 Å². The van der Waals surface area contributed by atoms with Crippen LogP contribution in [0.2, 0.25) is 0 Å². The zero-order chi connectivity index (χ0) is 6.53. The molecule has 0 saturated heterocycles. The molecule has 0 amide bonds. The van der Waals surface area contributed by atoms with Crippen molar-refractivity contribution in [2.24, 2.45) is 0 Å². The Morgan fingerprint density at radius 2 is 2.44 bits per heavy atom. The number of hydrogen-bond acceptors (Lipinski definition) is 3. The maximum absolute atomic E-state index is 10.2. The molecule has 0 bridgehead atoms. The van der Waals surface area contributed by atoms with Gasteiger partial charge in [0.05, 0.1) is 4.91 Å². The van der Waals surface area contributed by atoms with Crippen LogP contribution in [0.15, 0.2) is 10.3 Å². The van der Waals surface area contributed by atoms with E-state index in [1.165, 1.54) is 6.42 Å². The van der Waals surface area contributed by atoms with Crippen molar-refractivity contribution >= 4 is 29.8 Å². The normalized spacial score (nSPS) is 20.2. The molecule has 50 valence electrons. The van der Waals surface area contributed by atoms with Gasteiger partial charge in [0.2, 0.25) is 0 Å². The first-order chi connectivity index (χ1) is 4.43. The maximum Gasteiger partial charge on any atom is 0.156 e. The lowest BCUT2D eigenvalue weighted by atomic mass is 10.6. The first kappa shape index (κ1) is 7.22. The summed E-state index contributed by atoms with van der Waals surface area (Å²) in [6.45, 7) is 0. The average molecular weight is 160 g/mol. The van der Waals surface area contributed by atoms with Crippen molar-refractivity contribution < 1.29 is 4.79 Å². The van der Waals surface area contributed by atoms with E-state index in [0.29, 0.717) is 0 Å². The Bertz CT molecular complexity index is 131. The predicted octanol–water partition coefficient (Wildman–Crippen LogP) is 1.90. The molecule has 0 atom stereocenters. The monoisotopic (exact) mass is 160 g/mol. The molecule has 9 heavy (non-hydrogen) atoms. The second-order valence-corrected chi connectivity index (χ2v) is 3.86. The summed E-state index contributed by atoms with van der Waals surface area (Å²) in [6, 6.07) is 0. The average Bonchev–Trinajstić information content (AvgIpc) is 2.13. The molecule has 0 spiro atoms. The molecule has 0 radical (unpaired) electrons. The van der Waals surface area contributed by atoms with E-state index in [0.717, 1.165) is 22.7 Å². The number of allylic oxidation sites excluding steroid dienone is 1. The Balaban J connectivity index is 2.46. The van der Waals surface area contributed by atoms with E-state index in [-0.39, 0.29) is 0 Å². The Kier molecular flexibility index (Phi) is 3.22. The lowest BCUT2D eigenvalue weighted by Crippen LogP contribution is -1.79. The second-order valence-electron chi connectivity index (χ2n) is 1.71. The Labute approximate surface area is 63.3 Å². The van der Waals surface area contributed by atoms with Crippen LogP contribution in [0.3, 0.4) is 0 Å². The van der Waals surface area contributed by atoms with Gasteiger partial charge in [0.25, 0.3) is 0 Å². The molecular formula is C6H8OS2. The van der Waals surface area contributed by atoms with Crippen LogP contribution >= 0.6 is 23.5 Å². The zero-order valence-electron chi connectivity index (χ0n) is 5.00. The van der Waals surface area contributed by atoms with E-state index in [1.54, 1.807) is 23.5 Å². The molecule has 0 N–H and O–H groups in total. The van der Waals surface area contributed by atoms with Crippen molar-refractivity contribution in [3.8, 4) is 0 Å².